The van der Waals surface area contributed by atoms with Crippen LogP contribution in [-0.2, 0) is 6.42 Å². The number of halogens is 2. The molecule has 21 heavy (non-hydrogen) atoms. The van der Waals surface area contributed by atoms with Crippen LogP contribution in [0.5, 0.6) is 0 Å². The van der Waals surface area contributed by atoms with Crippen LogP contribution in [0, 0.1) is 5.82 Å². The number of thiophene rings is 1. The molecule has 0 saturated carbocycles. The molecule has 2 N–H and O–H groups in total. The van der Waals surface area contributed by atoms with E-state index in [1.165, 1.54) is 12.1 Å². The largest absolute Gasteiger partial charge is 0.388 e. The van der Waals surface area contributed by atoms with Crippen LogP contribution in [-0.4, -0.2) is 15.3 Å². The van der Waals surface area contributed by atoms with E-state index < -0.39 is 6.10 Å². The van der Waals surface area contributed by atoms with Crippen molar-refractivity contribution in [2.75, 3.05) is 0 Å². The third-order valence-corrected chi connectivity index (χ3v) is 4.83. The Morgan fingerprint density at radius 3 is 2.67 bits per heavy atom. The molecular weight excluding hydrogens is 355 g/mol. The summed E-state index contributed by atoms with van der Waals surface area (Å²) in [6.07, 6.45) is 1.48. The third kappa shape index (κ3) is 3.23. The molecule has 6 heteroatoms. The molecular formula is C15H12BrFN2OS. The molecule has 0 aliphatic carbocycles. The number of aromatic amines is 1. The van der Waals surface area contributed by atoms with Crippen molar-refractivity contribution >= 4 is 27.3 Å². The van der Waals surface area contributed by atoms with Gasteiger partial charge in [-0.2, -0.15) is 5.10 Å². The molecule has 0 radical (unpaired) electrons. The first kappa shape index (κ1) is 14.4. The highest BCUT2D eigenvalue weighted by atomic mass is 79.9. The number of hydrogen-bond donors (Lipinski definition) is 2. The minimum atomic E-state index is -0.658. The van der Waals surface area contributed by atoms with E-state index in [0.29, 0.717) is 12.0 Å². The van der Waals surface area contributed by atoms with Gasteiger partial charge in [-0.1, -0.05) is 0 Å². The van der Waals surface area contributed by atoms with Gasteiger partial charge in [-0.3, -0.25) is 5.10 Å². The minimum Gasteiger partial charge on any atom is -0.388 e. The van der Waals surface area contributed by atoms with Gasteiger partial charge in [0.15, 0.2) is 0 Å². The summed E-state index contributed by atoms with van der Waals surface area (Å²) in [6, 6.07) is 10.1. The van der Waals surface area contributed by atoms with E-state index in [1.54, 1.807) is 29.7 Å². The first-order chi connectivity index (χ1) is 10.1. The van der Waals surface area contributed by atoms with Gasteiger partial charge in [0.1, 0.15) is 5.82 Å². The van der Waals surface area contributed by atoms with Gasteiger partial charge in [-0.05, 0) is 52.3 Å². The Hall–Kier alpha value is -1.50. The molecule has 0 spiro atoms. The van der Waals surface area contributed by atoms with Crippen molar-refractivity contribution in [2.45, 2.75) is 12.5 Å². The summed E-state index contributed by atoms with van der Waals surface area (Å²) in [5.41, 5.74) is 2.24. The quantitative estimate of drug-likeness (QED) is 0.722. The fourth-order valence-electron chi connectivity index (χ4n) is 2.16. The summed E-state index contributed by atoms with van der Waals surface area (Å²) >= 11 is 5.01. The monoisotopic (exact) mass is 366 g/mol. The lowest BCUT2D eigenvalue weighted by Gasteiger charge is -2.10. The van der Waals surface area contributed by atoms with Crippen molar-refractivity contribution in [3.05, 3.63) is 62.6 Å². The van der Waals surface area contributed by atoms with Crippen LogP contribution in [0.25, 0.3) is 11.3 Å². The highest BCUT2D eigenvalue weighted by Gasteiger charge is 2.17. The Bertz CT molecular complexity index is 738. The van der Waals surface area contributed by atoms with Gasteiger partial charge in [0.2, 0.25) is 0 Å². The molecule has 1 aromatic carbocycles. The average Bonchev–Trinajstić information content (AvgIpc) is 3.09. The average molecular weight is 367 g/mol. The second-order valence-corrected chi connectivity index (χ2v) is 7.18. The van der Waals surface area contributed by atoms with Crippen molar-refractivity contribution in [1.29, 1.82) is 0 Å². The smallest absolute Gasteiger partial charge is 0.123 e. The molecule has 0 aliphatic heterocycles. The molecule has 0 amide bonds. The predicted octanol–water partition coefficient (Wildman–Crippen LogP) is 4.32. The lowest BCUT2D eigenvalue weighted by atomic mass is 10.0. The van der Waals surface area contributed by atoms with Gasteiger partial charge in [0.25, 0.3) is 0 Å². The number of aromatic nitrogens is 2. The second-order valence-electron chi connectivity index (χ2n) is 4.63. The number of nitrogens with one attached hydrogen (secondary N) is 1. The molecule has 3 aromatic rings. The molecule has 0 bridgehead atoms. The molecule has 2 heterocycles. The zero-order valence-electron chi connectivity index (χ0n) is 10.9. The van der Waals surface area contributed by atoms with E-state index in [-0.39, 0.29) is 5.82 Å². The SMILES string of the molecule is OC(Cc1ccc(Br)s1)c1cn[nH]c1-c1ccc(F)cc1. The number of aliphatic hydroxyl groups is 1. The second kappa shape index (κ2) is 6.09. The van der Waals surface area contributed by atoms with Crippen LogP contribution in [0.15, 0.2) is 46.4 Å². The summed E-state index contributed by atoms with van der Waals surface area (Å²) in [6.45, 7) is 0. The zero-order valence-corrected chi connectivity index (χ0v) is 13.3. The normalized spacial score (nSPS) is 12.5. The van der Waals surface area contributed by atoms with Crippen LogP contribution in [0.2, 0.25) is 0 Å². The van der Waals surface area contributed by atoms with Gasteiger partial charge in [0.05, 0.1) is 21.8 Å². The van der Waals surface area contributed by atoms with Crippen LogP contribution < -0.4 is 0 Å². The van der Waals surface area contributed by atoms with Crippen LogP contribution in [0.3, 0.4) is 0 Å². The van der Waals surface area contributed by atoms with E-state index in [9.17, 15) is 9.50 Å². The highest BCUT2D eigenvalue weighted by molar-refractivity contribution is 9.11. The molecule has 3 rings (SSSR count). The van der Waals surface area contributed by atoms with Gasteiger partial charge < -0.3 is 5.11 Å². The van der Waals surface area contributed by atoms with E-state index >= 15 is 0 Å². The van der Waals surface area contributed by atoms with Crippen LogP contribution in [0.1, 0.15) is 16.5 Å². The summed E-state index contributed by atoms with van der Waals surface area (Å²) < 4.78 is 14.0. The Morgan fingerprint density at radius 2 is 2.00 bits per heavy atom. The van der Waals surface area contributed by atoms with Crippen molar-refractivity contribution in [3.63, 3.8) is 0 Å². The van der Waals surface area contributed by atoms with E-state index in [2.05, 4.69) is 26.1 Å². The van der Waals surface area contributed by atoms with Crippen molar-refractivity contribution in [1.82, 2.24) is 10.2 Å². The third-order valence-electron chi connectivity index (χ3n) is 3.18. The maximum absolute atomic E-state index is 13.0. The van der Waals surface area contributed by atoms with Gasteiger partial charge in [0, 0.05) is 22.4 Å². The fraction of sp³-hybridized carbons (Fsp3) is 0.133. The molecule has 0 fully saturated rings. The van der Waals surface area contributed by atoms with Gasteiger partial charge >= 0.3 is 0 Å². The van der Waals surface area contributed by atoms with E-state index in [0.717, 1.165) is 19.9 Å². The maximum atomic E-state index is 13.0. The van der Waals surface area contributed by atoms with Crippen molar-refractivity contribution in [2.24, 2.45) is 0 Å². The molecule has 2 aromatic heterocycles. The standard InChI is InChI=1S/C15H12BrFN2OS/c16-14-6-5-11(21-14)7-13(20)12-8-18-19-15(12)9-1-3-10(17)4-2-9/h1-6,8,13,20H,7H2,(H,18,19). The van der Waals surface area contributed by atoms with Gasteiger partial charge in [-0.15, -0.1) is 11.3 Å². The Kier molecular flexibility index (Phi) is 4.19. The summed E-state index contributed by atoms with van der Waals surface area (Å²) in [5.74, 6) is -0.288. The summed E-state index contributed by atoms with van der Waals surface area (Å²) in [4.78, 5) is 1.08. The molecule has 1 unspecified atom stereocenters. The first-order valence-electron chi connectivity index (χ1n) is 6.35. The zero-order chi connectivity index (χ0) is 14.8. The highest BCUT2D eigenvalue weighted by Crippen LogP contribution is 2.31. The maximum Gasteiger partial charge on any atom is 0.123 e. The number of rotatable bonds is 4. The number of nitrogens with zero attached hydrogens (tertiary/aromatic N) is 1. The molecule has 3 nitrogen and oxygen atoms in total. The lowest BCUT2D eigenvalue weighted by Crippen LogP contribution is -2.01. The predicted molar refractivity (Wildman–Crippen MR) is 84.7 cm³/mol. The summed E-state index contributed by atoms with van der Waals surface area (Å²) in [7, 11) is 0. The molecule has 1 atom stereocenters. The van der Waals surface area contributed by atoms with Crippen molar-refractivity contribution < 1.29 is 9.50 Å². The molecule has 108 valence electrons. The van der Waals surface area contributed by atoms with Crippen LogP contribution >= 0.6 is 27.3 Å². The topological polar surface area (TPSA) is 48.9 Å². The number of benzene rings is 1. The van der Waals surface area contributed by atoms with E-state index in [1.807, 2.05) is 12.1 Å². The fourth-order valence-corrected chi connectivity index (χ4v) is 3.68. The Balaban J connectivity index is 1.86. The summed E-state index contributed by atoms with van der Waals surface area (Å²) in [5, 5.41) is 17.3. The lowest BCUT2D eigenvalue weighted by molar-refractivity contribution is 0.180. The Labute approximate surface area is 133 Å². The van der Waals surface area contributed by atoms with E-state index in [4.69, 9.17) is 0 Å². The van der Waals surface area contributed by atoms with Gasteiger partial charge in [-0.25, -0.2) is 4.39 Å². The first-order valence-corrected chi connectivity index (χ1v) is 7.96. The van der Waals surface area contributed by atoms with Crippen LogP contribution in [0.4, 0.5) is 4.39 Å². The minimum absolute atomic E-state index is 0.288. The molecule has 0 saturated heterocycles. The number of hydrogen-bond acceptors (Lipinski definition) is 3. The Morgan fingerprint density at radius 1 is 1.24 bits per heavy atom. The molecule has 0 aliphatic rings. The van der Waals surface area contributed by atoms with Crippen molar-refractivity contribution in [3.8, 4) is 11.3 Å². The number of H-pyrrole nitrogens is 1. The number of aliphatic hydroxyl groups excluding tert-OH is 1.